The summed E-state index contributed by atoms with van der Waals surface area (Å²) in [6.45, 7) is 5.61. The van der Waals surface area contributed by atoms with E-state index in [1.54, 1.807) is 7.05 Å². The highest BCUT2D eigenvalue weighted by atomic mass is 16.6. The smallest absolute Gasteiger partial charge is 0.408 e. The van der Waals surface area contributed by atoms with Crippen LogP contribution in [0.3, 0.4) is 0 Å². The van der Waals surface area contributed by atoms with Crippen molar-refractivity contribution in [2.45, 2.75) is 32.5 Å². The molecule has 2 aromatic heterocycles. The third kappa shape index (κ3) is 3.98. The Hall–Kier alpha value is -3.30. The lowest BCUT2D eigenvalue weighted by Gasteiger charge is -2.34. The van der Waals surface area contributed by atoms with Crippen molar-refractivity contribution in [2.24, 2.45) is 7.05 Å². The molecule has 6 rings (SSSR count). The minimum absolute atomic E-state index is 0.0210. The lowest BCUT2D eigenvalue weighted by molar-refractivity contribution is -0.0918. The molecule has 1 fully saturated rings. The van der Waals surface area contributed by atoms with Crippen LogP contribution < -0.4 is 5.76 Å². The van der Waals surface area contributed by atoms with Gasteiger partial charge in [-0.3, -0.25) is 14.5 Å². The lowest BCUT2D eigenvalue weighted by atomic mass is 9.94. The molecule has 1 N–H and O–H groups in total. The Labute approximate surface area is 202 Å². The van der Waals surface area contributed by atoms with Gasteiger partial charge in [-0.25, -0.2) is 4.79 Å². The number of hydrogen-bond donors (Lipinski definition) is 1. The summed E-state index contributed by atoms with van der Waals surface area (Å²) in [6.07, 6.45) is 1.07. The molecule has 1 saturated heterocycles. The number of aromatic nitrogens is 2. The van der Waals surface area contributed by atoms with Crippen molar-refractivity contribution in [2.75, 3.05) is 19.7 Å². The molecule has 2 atom stereocenters. The Balaban J connectivity index is 1.17. The van der Waals surface area contributed by atoms with E-state index in [0.29, 0.717) is 18.8 Å². The second-order valence-electron chi connectivity index (χ2n) is 9.27. The summed E-state index contributed by atoms with van der Waals surface area (Å²) in [5.41, 5.74) is 8.47. The number of morpholine rings is 1. The van der Waals surface area contributed by atoms with Crippen LogP contribution in [0.1, 0.15) is 40.2 Å². The molecule has 0 radical (unpaired) electrons. The van der Waals surface area contributed by atoms with E-state index in [1.165, 1.54) is 4.57 Å². The average molecular weight is 474 g/mol. The fraction of sp³-hybridized carbons (Fsp3) is 0.333. The first-order valence-corrected chi connectivity index (χ1v) is 11.8. The van der Waals surface area contributed by atoms with E-state index < -0.39 is 6.29 Å². The number of aliphatic hydroxyl groups is 1. The maximum Gasteiger partial charge on any atom is 0.419 e. The van der Waals surface area contributed by atoms with Gasteiger partial charge in [-0.05, 0) is 53.4 Å². The van der Waals surface area contributed by atoms with Crippen LogP contribution in [0.25, 0.3) is 22.4 Å². The molecule has 2 aromatic carbocycles. The first-order valence-electron chi connectivity index (χ1n) is 11.8. The van der Waals surface area contributed by atoms with Crippen LogP contribution in [0, 0.1) is 6.92 Å². The van der Waals surface area contributed by atoms with Crippen LogP contribution in [0.2, 0.25) is 0 Å². The van der Waals surface area contributed by atoms with Gasteiger partial charge in [-0.15, -0.1) is 0 Å². The fourth-order valence-corrected chi connectivity index (χ4v) is 5.09. The van der Waals surface area contributed by atoms with Crippen molar-refractivity contribution in [1.82, 2.24) is 14.5 Å². The van der Waals surface area contributed by atoms with E-state index in [0.717, 1.165) is 64.2 Å². The van der Waals surface area contributed by atoms with Gasteiger partial charge in [0.15, 0.2) is 11.9 Å². The van der Waals surface area contributed by atoms with Crippen molar-refractivity contribution in [3.05, 3.63) is 87.0 Å². The van der Waals surface area contributed by atoms with Crippen LogP contribution in [0.5, 0.6) is 0 Å². The minimum Gasteiger partial charge on any atom is -0.408 e. The van der Waals surface area contributed by atoms with Gasteiger partial charge in [0.05, 0.1) is 30.5 Å². The van der Waals surface area contributed by atoms with E-state index >= 15 is 0 Å². The number of fused-ring (bicyclic) bond motifs is 2. The molecule has 0 amide bonds. The zero-order chi connectivity index (χ0) is 24.1. The number of rotatable bonds is 4. The van der Waals surface area contributed by atoms with Gasteiger partial charge in [0, 0.05) is 44.0 Å². The summed E-state index contributed by atoms with van der Waals surface area (Å²) < 4.78 is 18.2. The molecule has 0 saturated carbocycles. The van der Waals surface area contributed by atoms with Gasteiger partial charge in [0.25, 0.3) is 0 Å². The highest BCUT2D eigenvalue weighted by Crippen LogP contribution is 2.36. The number of aryl methyl sites for hydroxylation is 1. The number of pyridine rings is 1. The van der Waals surface area contributed by atoms with Crippen molar-refractivity contribution in [3.63, 3.8) is 0 Å². The van der Waals surface area contributed by atoms with Gasteiger partial charge in [0.2, 0.25) is 0 Å². The Morgan fingerprint density at radius 1 is 1.11 bits per heavy atom. The number of aliphatic hydroxyl groups excluding tert-OH is 1. The van der Waals surface area contributed by atoms with E-state index in [2.05, 4.69) is 28.9 Å². The van der Waals surface area contributed by atoms with Crippen molar-refractivity contribution >= 4 is 11.1 Å². The van der Waals surface area contributed by atoms with Crippen LogP contribution in [0.4, 0.5) is 0 Å². The van der Waals surface area contributed by atoms with Crippen molar-refractivity contribution in [1.29, 1.82) is 0 Å². The molecule has 35 heavy (non-hydrogen) atoms. The highest BCUT2D eigenvalue weighted by molar-refractivity contribution is 5.79. The fourth-order valence-electron chi connectivity index (χ4n) is 5.09. The van der Waals surface area contributed by atoms with Crippen LogP contribution in [0.15, 0.2) is 57.9 Å². The van der Waals surface area contributed by atoms with Crippen molar-refractivity contribution in [3.8, 4) is 11.3 Å². The maximum absolute atomic E-state index is 11.8. The molecular weight excluding hydrogens is 446 g/mol. The predicted molar refractivity (Wildman–Crippen MR) is 130 cm³/mol. The Kier molecular flexibility index (Phi) is 5.53. The third-order valence-electron chi connectivity index (χ3n) is 7.14. The maximum atomic E-state index is 11.8. The number of hydrogen-bond acceptors (Lipinski definition) is 7. The standard InChI is InChI=1S/C27H27N3O5/c1-16-19(5-6-20-21(16)15-34-26(20)31)25-14-30(9-10-33-25)13-17-3-7-22(28-12-17)18-4-8-24-23(11-18)29(2)27(32)35-24/h3-8,11-12,25-26,31H,9-10,13-15H2,1-2H3/t25-,26?/m0/s1. The second-order valence-corrected chi connectivity index (χ2v) is 9.27. The predicted octanol–water partition coefficient (Wildman–Crippen LogP) is 3.60. The largest absolute Gasteiger partial charge is 0.419 e. The third-order valence-corrected chi connectivity index (χ3v) is 7.14. The number of nitrogens with zero attached hydrogens (tertiary/aromatic N) is 3. The first kappa shape index (κ1) is 22.2. The SMILES string of the molecule is Cc1c([C@@H]2CN(Cc3ccc(-c4ccc5oc(=O)n(C)c5c4)nc3)CCO2)ccc2c1COC2O. The summed E-state index contributed by atoms with van der Waals surface area (Å²) in [7, 11) is 1.70. The minimum atomic E-state index is -0.828. The molecule has 0 bridgehead atoms. The van der Waals surface area contributed by atoms with Gasteiger partial charge < -0.3 is 19.0 Å². The summed E-state index contributed by atoms with van der Waals surface area (Å²) in [4.78, 5) is 18.8. The second kappa shape index (κ2) is 8.73. The van der Waals surface area contributed by atoms with Gasteiger partial charge >= 0.3 is 5.76 Å². The highest BCUT2D eigenvalue weighted by Gasteiger charge is 2.28. The van der Waals surface area contributed by atoms with E-state index in [9.17, 15) is 9.90 Å². The molecule has 2 aliphatic rings. The number of oxazole rings is 1. The first-order chi connectivity index (χ1) is 17.0. The topological polar surface area (TPSA) is 90.0 Å². The van der Waals surface area contributed by atoms with Crippen molar-refractivity contribution < 1.29 is 19.0 Å². The Morgan fingerprint density at radius 3 is 2.80 bits per heavy atom. The zero-order valence-corrected chi connectivity index (χ0v) is 19.7. The number of benzene rings is 2. The molecule has 0 spiro atoms. The normalized spacial score (nSPS) is 20.4. The summed E-state index contributed by atoms with van der Waals surface area (Å²) >= 11 is 0. The zero-order valence-electron chi connectivity index (χ0n) is 19.7. The molecule has 1 unspecified atom stereocenters. The van der Waals surface area contributed by atoms with Crippen LogP contribution >= 0.6 is 0 Å². The molecule has 8 nitrogen and oxygen atoms in total. The molecule has 180 valence electrons. The van der Waals surface area contributed by atoms with E-state index in [-0.39, 0.29) is 11.9 Å². The van der Waals surface area contributed by atoms with E-state index in [4.69, 9.17) is 13.9 Å². The van der Waals surface area contributed by atoms with Crippen LogP contribution in [-0.2, 0) is 29.7 Å². The summed E-state index contributed by atoms with van der Waals surface area (Å²) in [6, 6.07) is 13.8. The monoisotopic (exact) mass is 473 g/mol. The molecule has 8 heteroatoms. The van der Waals surface area contributed by atoms with E-state index in [1.807, 2.05) is 36.5 Å². The van der Waals surface area contributed by atoms with Gasteiger partial charge in [-0.1, -0.05) is 18.2 Å². The molecule has 2 aliphatic heterocycles. The molecule has 4 heterocycles. The number of ether oxygens (including phenoxy) is 2. The average Bonchev–Trinajstić information content (AvgIpc) is 3.39. The Morgan fingerprint density at radius 2 is 1.97 bits per heavy atom. The van der Waals surface area contributed by atoms with Gasteiger partial charge in [0.1, 0.15) is 0 Å². The summed E-state index contributed by atoms with van der Waals surface area (Å²) in [5.74, 6) is -0.370. The quantitative estimate of drug-likeness (QED) is 0.484. The Bertz CT molecular complexity index is 1460. The lowest BCUT2D eigenvalue weighted by Crippen LogP contribution is -2.38. The van der Waals surface area contributed by atoms with Crippen LogP contribution in [-0.4, -0.2) is 39.3 Å². The molecule has 0 aliphatic carbocycles. The molecule has 4 aromatic rings. The summed E-state index contributed by atoms with van der Waals surface area (Å²) in [5, 5.41) is 9.98. The van der Waals surface area contributed by atoms with Gasteiger partial charge in [-0.2, -0.15) is 0 Å². The molecular formula is C27H27N3O5.